The van der Waals surface area contributed by atoms with Crippen molar-refractivity contribution in [3.8, 4) is 11.5 Å². The predicted octanol–water partition coefficient (Wildman–Crippen LogP) is 3.46. The fourth-order valence-electron chi connectivity index (χ4n) is 4.22. The second kappa shape index (κ2) is 8.88. The van der Waals surface area contributed by atoms with Crippen LogP contribution in [0.3, 0.4) is 0 Å². The van der Waals surface area contributed by atoms with Gasteiger partial charge in [-0.3, -0.25) is 9.36 Å². The van der Waals surface area contributed by atoms with Gasteiger partial charge in [-0.15, -0.1) is 0 Å². The average Bonchev–Trinajstić information content (AvgIpc) is 3.27. The number of aromatic nitrogens is 2. The molecule has 0 radical (unpaired) electrons. The molecule has 0 spiro atoms. The first kappa shape index (κ1) is 20.4. The highest BCUT2D eigenvalue weighted by Crippen LogP contribution is 2.26. The summed E-state index contributed by atoms with van der Waals surface area (Å²) in [4.78, 5) is 18.3. The Bertz CT molecular complexity index is 1100. The Morgan fingerprint density at radius 3 is 2.77 bits per heavy atom. The summed E-state index contributed by atoms with van der Waals surface area (Å²) in [5, 5.41) is 4.20. The third-order valence-corrected chi connectivity index (χ3v) is 5.89. The van der Waals surface area contributed by atoms with E-state index in [0.29, 0.717) is 24.4 Å². The molecule has 30 heavy (non-hydrogen) atoms. The second-order valence-corrected chi connectivity index (χ2v) is 7.94. The van der Waals surface area contributed by atoms with E-state index in [1.165, 1.54) is 6.42 Å². The van der Waals surface area contributed by atoms with Crippen LogP contribution in [0.15, 0.2) is 41.2 Å². The quantitative estimate of drug-likeness (QED) is 0.650. The van der Waals surface area contributed by atoms with Gasteiger partial charge in [0.2, 0.25) is 0 Å². The van der Waals surface area contributed by atoms with Gasteiger partial charge in [-0.05, 0) is 63.1 Å². The van der Waals surface area contributed by atoms with Gasteiger partial charge in [-0.1, -0.05) is 11.6 Å². The number of hydrogen-bond donors (Lipinski definition) is 1. The Balaban J connectivity index is 1.78. The Labute approximate surface area is 176 Å². The van der Waals surface area contributed by atoms with E-state index in [2.05, 4.69) is 5.32 Å². The third kappa shape index (κ3) is 4.19. The van der Waals surface area contributed by atoms with Gasteiger partial charge in [0, 0.05) is 24.6 Å². The van der Waals surface area contributed by atoms with E-state index in [0.717, 1.165) is 53.4 Å². The summed E-state index contributed by atoms with van der Waals surface area (Å²) in [6.07, 6.45) is 3.77. The highest BCUT2D eigenvalue weighted by Gasteiger charge is 2.18. The molecule has 2 aromatic carbocycles. The van der Waals surface area contributed by atoms with Crippen LogP contribution in [0.1, 0.15) is 36.2 Å². The van der Waals surface area contributed by atoms with E-state index >= 15 is 0 Å². The normalized spacial score (nSPS) is 16.2. The first-order valence-electron chi connectivity index (χ1n) is 10.5. The van der Waals surface area contributed by atoms with Crippen LogP contribution in [-0.4, -0.2) is 36.4 Å². The molecule has 6 heteroatoms. The number of nitrogens with zero attached hydrogens (tertiary/aromatic N) is 2. The summed E-state index contributed by atoms with van der Waals surface area (Å²) in [6, 6.07) is 12.0. The third-order valence-electron chi connectivity index (χ3n) is 5.89. The molecule has 1 unspecified atom stereocenters. The summed E-state index contributed by atoms with van der Waals surface area (Å²) < 4.78 is 12.8. The molecule has 0 bridgehead atoms. The summed E-state index contributed by atoms with van der Waals surface area (Å²) in [5.41, 5.74) is 2.77. The van der Waals surface area contributed by atoms with Crippen LogP contribution in [0.5, 0.6) is 11.5 Å². The maximum absolute atomic E-state index is 13.4. The van der Waals surface area contributed by atoms with E-state index in [9.17, 15) is 4.79 Å². The van der Waals surface area contributed by atoms with Crippen molar-refractivity contribution in [3.63, 3.8) is 0 Å². The molecule has 1 saturated heterocycles. The molecule has 1 fully saturated rings. The number of rotatable bonds is 7. The summed E-state index contributed by atoms with van der Waals surface area (Å²) in [7, 11) is 3.30. The standard InChI is InChI=1S/C24H29N3O3/c1-16-6-8-21-20(13-16)24(28)27(12-10-18-5-4-11-25-18)23(26-21)15-17-14-19(29-2)7-9-22(17)30-3/h6-9,13-14,18,25H,4-5,10-12,15H2,1-3H3. The molecule has 0 amide bonds. The van der Waals surface area contributed by atoms with Crippen molar-refractivity contribution in [2.45, 2.75) is 45.2 Å². The Morgan fingerprint density at radius 2 is 2.03 bits per heavy atom. The zero-order valence-electron chi connectivity index (χ0n) is 17.9. The maximum Gasteiger partial charge on any atom is 0.261 e. The minimum absolute atomic E-state index is 0.0264. The van der Waals surface area contributed by atoms with Gasteiger partial charge >= 0.3 is 0 Å². The van der Waals surface area contributed by atoms with Crippen LogP contribution >= 0.6 is 0 Å². The largest absolute Gasteiger partial charge is 0.497 e. The molecule has 1 N–H and O–H groups in total. The zero-order chi connectivity index (χ0) is 21.1. The highest BCUT2D eigenvalue weighted by atomic mass is 16.5. The van der Waals surface area contributed by atoms with Crippen LogP contribution in [0.25, 0.3) is 10.9 Å². The fraction of sp³-hybridized carbons (Fsp3) is 0.417. The van der Waals surface area contributed by atoms with Crippen LogP contribution in [0.4, 0.5) is 0 Å². The van der Waals surface area contributed by atoms with Crippen molar-refractivity contribution in [1.29, 1.82) is 0 Å². The molecular weight excluding hydrogens is 378 g/mol. The number of methoxy groups -OCH3 is 2. The number of nitrogens with one attached hydrogen (secondary N) is 1. The van der Waals surface area contributed by atoms with Crippen LogP contribution in [0.2, 0.25) is 0 Å². The number of aryl methyl sites for hydroxylation is 1. The van der Waals surface area contributed by atoms with Gasteiger partial charge in [0.15, 0.2) is 0 Å². The van der Waals surface area contributed by atoms with E-state index in [4.69, 9.17) is 14.5 Å². The molecule has 1 atom stereocenters. The van der Waals surface area contributed by atoms with E-state index in [1.807, 2.05) is 47.9 Å². The van der Waals surface area contributed by atoms with Crippen molar-refractivity contribution in [2.75, 3.05) is 20.8 Å². The molecule has 3 aromatic rings. The first-order valence-corrected chi connectivity index (χ1v) is 10.5. The lowest BCUT2D eigenvalue weighted by Crippen LogP contribution is -2.30. The van der Waals surface area contributed by atoms with Crippen molar-refractivity contribution in [3.05, 3.63) is 63.7 Å². The number of hydrogen-bond acceptors (Lipinski definition) is 5. The van der Waals surface area contributed by atoms with Crippen LogP contribution in [0, 0.1) is 6.92 Å². The SMILES string of the molecule is COc1ccc(OC)c(Cc2nc3ccc(C)cc3c(=O)n2CCC2CCCN2)c1. The van der Waals surface area contributed by atoms with Crippen molar-refractivity contribution >= 4 is 10.9 Å². The molecule has 0 aliphatic carbocycles. The van der Waals surface area contributed by atoms with E-state index in [-0.39, 0.29) is 5.56 Å². The Hall–Kier alpha value is -2.86. The second-order valence-electron chi connectivity index (χ2n) is 7.94. The van der Waals surface area contributed by atoms with Gasteiger partial charge in [-0.2, -0.15) is 0 Å². The monoisotopic (exact) mass is 407 g/mol. The first-order chi connectivity index (χ1) is 14.6. The van der Waals surface area contributed by atoms with Crippen molar-refractivity contribution in [1.82, 2.24) is 14.9 Å². The zero-order valence-corrected chi connectivity index (χ0v) is 17.9. The van der Waals surface area contributed by atoms with Crippen LogP contribution in [-0.2, 0) is 13.0 Å². The van der Waals surface area contributed by atoms with Gasteiger partial charge in [0.25, 0.3) is 5.56 Å². The van der Waals surface area contributed by atoms with Gasteiger partial charge < -0.3 is 14.8 Å². The molecule has 4 rings (SSSR count). The number of benzene rings is 2. The number of fused-ring (bicyclic) bond motifs is 1. The van der Waals surface area contributed by atoms with Gasteiger partial charge in [0.05, 0.1) is 25.1 Å². The fourth-order valence-corrected chi connectivity index (χ4v) is 4.22. The Morgan fingerprint density at radius 1 is 1.17 bits per heavy atom. The molecular formula is C24H29N3O3. The van der Waals surface area contributed by atoms with Crippen molar-refractivity contribution < 1.29 is 9.47 Å². The van der Waals surface area contributed by atoms with E-state index in [1.54, 1.807) is 14.2 Å². The molecule has 1 aliphatic rings. The van der Waals surface area contributed by atoms with Crippen molar-refractivity contribution in [2.24, 2.45) is 0 Å². The minimum atomic E-state index is 0.0264. The number of ether oxygens (including phenoxy) is 2. The lowest BCUT2D eigenvalue weighted by molar-refractivity contribution is 0.398. The minimum Gasteiger partial charge on any atom is -0.497 e. The lowest BCUT2D eigenvalue weighted by atomic mass is 10.1. The Kier molecular flexibility index (Phi) is 6.04. The highest BCUT2D eigenvalue weighted by molar-refractivity contribution is 5.78. The van der Waals surface area contributed by atoms with Gasteiger partial charge in [0.1, 0.15) is 17.3 Å². The van der Waals surface area contributed by atoms with Gasteiger partial charge in [-0.25, -0.2) is 4.98 Å². The van der Waals surface area contributed by atoms with Crippen LogP contribution < -0.4 is 20.3 Å². The summed E-state index contributed by atoms with van der Waals surface area (Å²) >= 11 is 0. The molecule has 0 saturated carbocycles. The maximum atomic E-state index is 13.4. The average molecular weight is 408 g/mol. The summed E-state index contributed by atoms with van der Waals surface area (Å²) in [6.45, 7) is 3.71. The molecule has 2 heterocycles. The smallest absolute Gasteiger partial charge is 0.261 e. The topological polar surface area (TPSA) is 65.4 Å². The van der Waals surface area contributed by atoms with E-state index < -0.39 is 0 Å². The molecule has 158 valence electrons. The molecule has 6 nitrogen and oxygen atoms in total. The molecule has 1 aliphatic heterocycles. The predicted molar refractivity (Wildman–Crippen MR) is 119 cm³/mol. The summed E-state index contributed by atoms with van der Waals surface area (Å²) in [5.74, 6) is 2.27. The molecule has 1 aromatic heterocycles. The lowest BCUT2D eigenvalue weighted by Gasteiger charge is -2.17.